The zero-order chi connectivity index (χ0) is 15.9. The Morgan fingerprint density at radius 1 is 1.27 bits per heavy atom. The van der Waals surface area contributed by atoms with Crippen LogP contribution >= 0.6 is 0 Å². The summed E-state index contributed by atoms with van der Waals surface area (Å²) in [6.07, 6.45) is 2.26. The van der Waals surface area contributed by atoms with Crippen molar-refractivity contribution in [2.24, 2.45) is 0 Å². The molecule has 0 bridgehead atoms. The third-order valence-corrected chi connectivity index (χ3v) is 3.97. The smallest absolute Gasteiger partial charge is 0.226 e. The molecule has 5 nitrogen and oxygen atoms in total. The van der Waals surface area contributed by atoms with Crippen LogP contribution < -0.4 is 10.1 Å². The van der Waals surface area contributed by atoms with E-state index in [-0.39, 0.29) is 17.4 Å². The third-order valence-electron chi connectivity index (χ3n) is 3.97. The highest BCUT2D eigenvalue weighted by Gasteiger charge is 2.33. The zero-order valence-electron chi connectivity index (χ0n) is 13.4. The highest BCUT2D eigenvalue weighted by atomic mass is 16.5. The fourth-order valence-electron chi connectivity index (χ4n) is 2.96. The van der Waals surface area contributed by atoms with E-state index in [1.54, 1.807) is 7.11 Å². The number of amides is 1. The fraction of sp³-hybridized carbons (Fsp3) is 0.412. The largest absolute Gasteiger partial charge is 0.496 e. The van der Waals surface area contributed by atoms with Gasteiger partial charge in [0, 0.05) is 23.5 Å². The molecular weight excluding hydrogens is 278 g/mol. The predicted molar refractivity (Wildman–Crippen MR) is 85.3 cm³/mol. The van der Waals surface area contributed by atoms with Crippen LogP contribution in [0.5, 0.6) is 5.75 Å². The molecular formula is C17H21N3O2. The highest BCUT2D eigenvalue weighted by Crippen LogP contribution is 2.41. The molecule has 0 saturated carbocycles. The predicted octanol–water partition coefficient (Wildman–Crippen LogP) is 3.12. The number of nitrogens with one attached hydrogen (secondary N) is 1. The first kappa shape index (κ1) is 14.6. The number of hydrogen-bond donors (Lipinski definition) is 1. The molecule has 3 rings (SSSR count). The molecule has 1 aliphatic rings. The van der Waals surface area contributed by atoms with Crippen LogP contribution in [0, 0.1) is 0 Å². The standard InChI is InChI=1S/C17H21N3O2/c1-17(2,3)20-16-13(10-18-20)12(9-15(21)19-16)11-7-5-6-8-14(11)22-4/h5-8,10,12H,9H2,1-4H3,(H,19,21)/t12-/m1/s1. The Labute approximate surface area is 130 Å². The van der Waals surface area contributed by atoms with Crippen LogP contribution in [0.15, 0.2) is 30.5 Å². The minimum Gasteiger partial charge on any atom is -0.496 e. The number of benzene rings is 1. The van der Waals surface area contributed by atoms with Crippen LogP contribution in [-0.2, 0) is 10.3 Å². The molecule has 1 aromatic heterocycles. The number of nitrogens with zero attached hydrogens (tertiary/aromatic N) is 2. The molecule has 116 valence electrons. The van der Waals surface area contributed by atoms with Crippen molar-refractivity contribution in [3.63, 3.8) is 0 Å². The average molecular weight is 299 g/mol. The Balaban J connectivity index is 2.13. The van der Waals surface area contributed by atoms with Crippen LogP contribution in [0.3, 0.4) is 0 Å². The van der Waals surface area contributed by atoms with Gasteiger partial charge in [0.15, 0.2) is 0 Å². The Hall–Kier alpha value is -2.30. The summed E-state index contributed by atoms with van der Waals surface area (Å²) in [6, 6.07) is 7.85. The van der Waals surface area contributed by atoms with E-state index in [0.717, 1.165) is 22.7 Å². The number of aromatic nitrogens is 2. The van der Waals surface area contributed by atoms with Crippen molar-refractivity contribution in [1.82, 2.24) is 9.78 Å². The molecule has 2 heterocycles. The summed E-state index contributed by atoms with van der Waals surface area (Å²) in [5.74, 6) is 1.57. The van der Waals surface area contributed by atoms with Crippen molar-refractivity contribution < 1.29 is 9.53 Å². The zero-order valence-corrected chi connectivity index (χ0v) is 13.4. The van der Waals surface area contributed by atoms with Crippen molar-refractivity contribution in [2.75, 3.05) is 12.4 Å². The number of ether oxygens (including phenoxy) is 1. The lowest BCUT2D eigenvalue weighted by Gasteiger charge is -2.28. The molecule has 1 aromatic carbocycles. The maximum absolute atomic E-state index is 12.2. The van der Waals surface area contributed by atoms with Gasteiger partial charge in [0.1, 0.15) is 11.6 Å². The van der Waals surface area contributed by atoms with E-state index in [1.807, 2.05) is 35.1 Å². The van der Waals surface area contributed by atoms with Crippen LogP contribution in [0.25, 0.3) is 0 Å². The van der Waals surface area contributed by atoms with Gasteiger partial charge in [-0.25, -0.2) is 4.68 Å². The lowest BCUT2D eigenvalue weighted by atomic mass is 9.86. The van der Waals surface area contributed by atoms with E-state index in [2.05, 4.69) is 31.2 Å². The lowest BCUT2D eigenvalue weighted by Crippen LogP contribution is -2.30. The monoisotopic (exact) mass is 299 g/mol. The Morgan fingerprint density at radius 3 is 2.68 bits per heavy atom. The molecule has 0 aliphatic carbocycles. The summed E-state index contributed by atoms with van der Waals surface area (Å²) in [5, 5.41) is 7.47. The third kappa shape index (κ3) is 2.36. The molecule has 0 spiro atoms. The van der Waals surface area contributed by atoms with Gasteiger partial charge in [-0.15, -0.1) is 0 Å². The Kier molecular flexibility index (Phi) is 3.43. The quantitative estimate of drug-likeness (QED) is 0.927. The average Bonchev–Trinajstić information content (AvgIpc) is 2.90. The molecule has 1 amide bonds. The van der Waals surface area contributed by atoms with Gasteiger partial charge in [-0.2, -0.15) is 5.10 Å². The highest BCUT2D eigenvalue weighted by molar-refractivity contribution is 5.94. The number of fused-ring (bicyclic) bond motifs is 1. The van der Waals surface area contributed by atoms with Crippen molar-refractivity contribution >= 4 is 11.7 Å². The lowest BCUT2D eigenvalue weighted by molar-refractivity contribution is -0.116. The molecule has 5 heteroatoms. The first-order valence-electron chi connectivity index (χ1n) is 7.43. The molecule has 0 saturated heterocycles. The minimum absolute atomic E-state index is 0.00871. The van der Waals surface area contributed by atoms with Crippen molar-refractivity contribution in [3.05, 3.63) is 41.6 Å². The summed E-state index contributed by atoms with van der Waals surface area (Å²) < 4.78 is 7.34. The van der Waals surface area contributed by atoms with E-state index in [0.29, 0.717) is 6.42 Å². The van der Waals surface area contributed by atoms with Gasteiger partial charge >= 0.3 is 0 Å². The fourth-order valence-corrected chi connectivity index (χ4v) is 2.96. The van der Waals surface area contributed by atoms with Gasteiger partial charge in [-0.3, -0.25) is 4.79 Å². The number of hydrogen-bond acceptors (Lipinski definition) is 3. The van der Waals surface area contributed by atoms with E-state index in [4.69, 9.17) is 4.74 Å². The molecule has 1 aliphatic heterocycles. The van der Waals surface area contributed by atoms with Gasteiger partial charge in [0.2, 0.25) is 5.91 Å². The number of anilines is 1. The molecule has 1 atom stereocenters. The number of rotatable bonds is 2. The molecule has 0 radical (unpaired) electrons. The topological polar surface area (TPSA) is 56.1 Å². The van der Waals surface area contributed by atoms with Crippen molar-refractivity contribution in [2.45, 2.75) is 38.6 Å². The van der Waals surface area contributed by atoms with E-state index in [9.17, 15) is 4.79 Å². The first-order chi connectivity index (χ1) is 10.4. The second-order valence-corrected chi connectivity index (χ2v) is 6.58. The second-order valence-electron chi connectivity index (χ2n) is 6.58. The number of carbonyl (C=O) groups is 1. The maximum Gasteiger partial charge on any atom is 0.226 e. The summed E-state index contributed by atoms with van der Waals surface area (Å²) in [4.78, 5) is 12.2. The van der Waals surface area contributed by atoms with E-state index < -0.39 is 0 Å². The minimum atomic E-state index is -0.191. The number of methoxy groups -OCH3 is 1. The number of para-hydroxylation sites is 1. The number of carbonyl (C=O) groups excluding carboxylic acids is 1. The first-order valence-corrected chi connectivity index (χ1v) is 7.43. The van der Waals surface area contributed by atoms with E-state index >= 15 is 0 Å². The summed E-state index contributed by atoms with van der Waals surface area (Å²) in [7, 11) is 1.65. The molecule has 1 N–H and O–H groups in total. The van der Waals surface area contributed by atoms with Crippen LogP contribution in [0.4, 0.5) is 5.82 Å². The Bertz CT molecular complexity index is 713. The molecule has 22 heavy (non-hydrogen) atoms. The van der Waals surface area contributed by atoms with Gasteiger partial charge in [-0.1, -0.05) is 18.2 Å². The summed E-state index contributed by atoms with van der Waals surface area (Å²) in [6.45, 7) is 6.21. The summed E-state index contributed by atoms with van der Waals surface area (Å²) >= 11 is 0. The Morgan fingerprint density at radius 2 is 2.00 bits per heavy atom. The van der Waals surface area contributed by atoms with Crippen LogP contribution in [0.2, 0.25) is 0 Å². The van der Waals surface area contributed by atoms with Gasteiger partial charge < -0.3 is 10.1 Å². The van der Waals surface area contributed by atoms with Crippen LogP contribution in [-0.4, -0.2) is 22.8 Å². The molecule has 2 aromatic rings. The van der Waals surface area contributed by atoms with E-state index in [1.165, 1.54) is 0 Å². The maximum atomic E-state index is 12.2. The SMILES string of the molecule is COc1ccccc1[C@H]1CC(=O)Nc2c1cnn2C(C)(C)C. The normalized spacial score (nSPS) is 17.8. The second kappa shape index (κ2) is 5.16. The summed E-state index contributed by atoms with van der Waals surface area (Å²) in [5.41, 5.74) is 1.87. The van der Waals surface area contributed by atoms with Crippen molar-refractivity contribution in [3.8, 4) is 5.75 Å². The van der Waals surface area contributed by atoms with Gasteiger partial charge in [0.05, 0.1) is 18.8 Å². The van der Waals surface area contributed by atoms with Crippen LogP contribution in [0.1, 0.15) is 44.2 Å². The molecule has 0 fully saturated rings. The molecule has 0 unspecified atom stereocenters. The van der Waals surface area contributed by atoms with Gasteiger partial charge in [-0.05, 0) is 26.8 Å². The van der Waals surface area contributed by atoms with Gasteiger partial charge in [0.25, 0.3) is 0 Å². The van der Waals surface area contributed by atoms with Crippen molar-refractivity contribution in [1.29, 1.82) is 0 Å².